The molecule has 1 heterocycles. The van der Waals surface area contributed by atoms with Crippen LogP contribution in [0.4, 0.5) is 0 Å². The second kappa shape index (κ2) is 8.97. The number of rotatable bonds is 7. The Morgan fingerprint density at radius 3 is 2.59 bits per heavy atom. The van der Waals surface area contributed by atoms with Crippen LogP contribution in [0.3, 0.4) is 0 Å². The van der Waals surface area contributed by atoms with Crippen LogP contribution in [0, 0.1) is 6.92 Å². The van der Waals surface area contributed by atoms with Crippen LogP contribution in [0.2, 0.25) is 0 Å². The Balaban J connectivity index is 1.81. The van der Waals surface area contributed by atoms with E-state index in [0.717, 1.165) is 22.4 Å². The lowest BCUT2D eigenvalue weighted by Crippen LogP contribution is -2.27. The zero-order valence-electron chi connectivity index (χ0n) is 16.2. The third kappa shape index (κ3) is 4.76. The largest absolute Gasteiger partial charge is 0.504 e. The van der Waals surface area contributed by atoms with Crippen molar-refractivity contribution in [1.29, 1.82) is 0 Å². The van der Waals surface area contributed by atoms with Gasteiger partial charge in [-0.15, -0.1) is 0 Å². The van der Waals surface area contributed by atoms with E-state index < -0.39 is 5.91 Å². The predicted octanol–water partition coefficient (Wildman–Crippen LogP) is 2.69. The van der Waals surface area contributed by atoms with Gasteiger partial charge in [-0.3, -0.25) is 4.79 Å². The molecule has 7 nitrogen and oxygen atoms in total. The van der Waals surface area contributed by atoms with Crippen molar-refractivity contribution in [3.8, 4) is 22.6 Å². The molecule has 0 atom stereocenters. The number of nitrogens with zero attached hydrogens (tertiary/aromatic N) is 2. The first-order valence-electron chi connectivity index (χ1n) is 9.03. The van der Waals surface area contributed by atoms with E-state index in [9.17, 15) is 14.7 Å². The molecule has 0 saturated carbocycles. The van der Waals surface area contributed by atoms with Gasteiger partial charge >= 0.3 is 0 Å². The summed E-state index contributed by atoms with van der Waals surface area (Å²) in [5.74, 6) is 0.297. The van der Waals surface area contributed by atoms with Crippen LogP contribution in [-0.4, -0.2) is 40.9 Å². The second-order valence-corrected chi connectivity index (χ2v) is 6.40. The number of amides is 1. The number of methoxy groups -OCH3 is 1. The quantitative estimate of drug-likeness (QED) is 0.601. The number of carbonyl (C=O) groups excluding carboxylic acids is 2. The van der Waals surface area contributed by atoms with Crippen molar-refractivity contribution in [3.05, 3.63) is 71.3 Å². The number of aryl methyl sites for hydroxylation is 1. The Kier molecular flexibility index (Phi) is 6.19. The van der Waals surface area contributed by atoms with Crippen molar-refractivity contribution in [2.24, 2.45) is 0 Å². The first kappa shape index (κ1) is 20.0. The molecule has 0 saturated heterocycles. The molecule has 0 spiro atoms. The lowest BCUT2D eigenvalue weighted by atomic mass is 10.0. The number of nitrogens with one attached hydrogen (secondary N) is 1. The fourth-order valence-corrected chi connectivity index (χ4v) is 2.88. The molecule has 0 bridgehead atoms. The molecule has 148 valence electrons. The van der Waals surface area contributed by atoms with E-state index in [2.05, 4.69) is 15.3 Å². The zero-order chi connectivity index (χ0) is 20.8. The molecule has 7 heteroatoms. The highest BCUT2D eigenvalue weighted by Crippen LogP contribution is 2.25. The summed E-state index contributed by atoms with van der Waals surface area (Å²) in [4.78, 5) is 31.0. The molecule has 0 aliphatic rings. The number of ether oxygens (including phenoxy) is 1. The summed E-state index contributed by atoms with van der Waals surface area (Å²) in [6.45, 7) is 1.45. The number of aldehydes is 1. The molecule has 0 radical (unpaired) electrons. The standard InChI is InChI=1S/C22H21N3O4/c1-14-21(27)20(22(28)23-10-11-26)25-19(24-14)12-15-6-8-16(9-7-15)17-4-3-5-18(13-17)29-2/h3-9,11,13,27H,10,12H2,1-2H3,(H,23,28). The Bertz CT molecular complexity index is 1030. The SMILES string of the molecule is COc1cccc(-c2ccc(Cc3nc(C)c(O)c(C(=O)NCC=O)n3)cc2)c1. The number of benzene rings is 2. The van der Waals surface area contributed by atoms with Crippen LogP contribution >= 0.6 is 0 Å². The van der Waals surface area contributed by atoms with Gasteiger partial charge in [0.1, 0.15) is 17.9 Å². The van der Waals surface area contributed by atoms with Gasteiger partial charge < -0.3 is 20.0 Å². The van der Waals surface area contributed by atoms with Gasteiger partial charge in [-0.25, -0.2) is 9.97 Å². The first-order chi connectivity index (χ1) is 14.0. The molecule has 1 amide bonds. The summed E-state index contributed by atoms with van der Waals surface area (Å²) in [5, 5.41) is 12.5. The van der Waals surface area contributed by atoms with Gasteiger partial charge in [-0.2, -0.15) is 0 Å². The van der Waals surface area contributed by atoms with E-state index in [1.165, 1.54) is 0 Å². The number of carbonyl (C=O) groups is 2. The third-order valence-electron chi connectivity index (χ3n) is 4.38. The fourth-order valence-electron chi connectivity index (χ4n) is 2.88. The van der Waals surface area contributed by atoms with Gasteiger partial charge in [0.2, 0.25) is 0 Å². The number of hydrogen-bond donors (Lipinski definition) is 2. The fraction of sp³-hybridized carbons (Fsp3) is 0.182. The van der Waals surface area contributed by atoms with Gasteiger partial charge in [0.25, 0.3) is 5.91 Å². The van der Waals surface area contributed by atoms with Crippen molar-refractivity contribution in [3.63, 3.8) is 0 Å². The highest BCUT2D eigenvalue weighted by molar-refractivity contribution is 5.95. The van der Waals surface area contributed by atoms with Crippen LogP contribution in [0.15, 0.2) is 48.5 Å². The molecule has 0 unspecified atom stereocenters. The average molecular weight is 391 g/mol. The zero-order valence-corrected chi connectivity index (χ0v) is 16.2. The Morgan fingerprint density at radius 2 is 1.90 bits per heavy atom. The van der Waals surface area contributed by atoms with Crippen molar-refractivity contribution >= 4 is 12.2 Å². The van der Waals surface area contributed by atoms with E-state index in [1.807, 2.05) is 48.5 Å². The van der Waals surface area contributed by atoms with E-state index in [-0.39, 0.29) is 18.0 Å². The van der Waals surface area contributed by atoms with Crippen LogP contribution in [0.5, 0.6) is 11.5 Å². The van der Waals surface area contributed by atoms with Crippen molar-refractivity contribution in [2.45, 2.75) is 13.3 Å². The van der Waals surface area contributed by atoms with E-state index in [4.69, 9.17) is 4.74 Å². The van der Waals surface area contributed by atoms with Crippen LogP contribution in [-0.2, 0) is 11.2 Å². The highest BCUT2D eigenvalue weighted by Gasteiger charge is 2.17. The molecule has 3 aromatic rings. The second-order valence-electron chi connectivity index (χ2n) is 6.40. The summed E-state index contributed by atoms with van der Waals surface area (Å²) in [7, 11) is 1.63. The molecular formula is C22H21N3O4. The summed E-state index contributed by atoms with van der Waals surface area (Å²) in [5.41, 5.74) is 3.22. The monoisotopic (exact) mass is 391 g/mol. The highest BCUT2D eigenvalue weighted by atomic mass is 16.5. The summed E-state index contributed by atoms with van der Waals surface area (Å²) in [6.07, 6.45) is 0.960. The molecule has 0 aliphatic heterocycles. The van der Waals surface area contributed by atoms with E-state index in [1.54, 1.807) is 14.0 Å². The minimum absolute atomic E-state index is 0.137. The van der Waals surface area contributed by atoms with Gasteiger partial charge in [-0.1, -0.05) is 36.4 Å². The normalized spacial score (nSPS) is 10.4. The lowest BCUT2D eigenvalue weighted by molar-refractivity contribution is -0.107. The number of aromatic nitrogens is 2. The van der Waals surface area contributed by atoms with Crippen LogP contribution < -0.4 is 10.1 Å². The minimum atomic E-state index is -0.616. The van der Waals surface area contributed by atoms with E-state index >= 15 is 0 Å². The Hall–Kier alpha value is -3.74. The molecule has 0 fully saturated rings. The maximum Gasteiger partial charge on any atom is 0.274 e. The van der Waals surface area contributed by atoms with Crippen LogP contribution in [0.25, 0.3) is 11.1 Å². The van der Waals surface area contributed by atoms with Crippen molar-refractivity contribution < 1.29 is 19.4 Å². The number of hydrogen-bond acceptors (Lipinski definition) is 6. The van der Waals surface area contributed by atoms with Gasteiger partial charge in [0.15, 0.2) is 11.4 Å². The maximum absolute atomic E-state index is 12.1. The molecule has 1 aromatic heterocycles. The summed E-state index contributed by atoms with van der Waals surface area (Å²) >= 11 is 0. The Labute approximate surface area is 168 Å². The molecule has 2 N–H and O–H groups in total. The van der Waals surface area contributed by atoms with Gasteiger partial charge in [0.05, 0.1) is 19.3 Å². The molecule has 0 aliphatic carbocycles. The first-order valence-corrected chi connectivity index (χ1v) is 9.03. The Morgan fingerprint density at radius 1 is 1.14 bits per heavy atom. The summed E-state index contributed by atoms with van der Waals surface area (Å²) in [6, 6.07) is 15.7. The molecular weight excluding hydrogens is 370 g/mol. The van der Waals surface area contributed by atoms with Gasteiger partial charge in [-0.05, 0) is 35.7 Å². The van der Waals surface area contributed by atoms with E-state index in [0.29, 0.717) is 24.2 Å². The third-order valence-corrected chi connectivity index (χ3v) is 4.38. The summed E-state index contributed by atoms with van der Waals surface area (Å²) < 4.78 is 5.27. The van der Waals surface area contributed by atoms with Crippen molar-refractivity contribution in [2.75, 3.05) is 13.7 Å². The minimum Gasteiger partial charge on any atom is -0.504 e. The van der Waals surface area contributed by atoms with Crippen molar-refractivity contribution in [1.82, 2.24) is 15.3 Å². The maximum atomic E-state index is 12.1. The average Bonchev–Trinajstić information content (AvgIpc) is 2.75. The van der Waals surface area contributed by atoms with Crippen LogP contribution in [0.1, 0.15) is 27.6 Å². The number of aromatic hydroxyl groups is 1. The molecule has 3 rings (SSSR count). The lowest BCUT2D eigenvalue weighted by Gasteiger charge is -2.09. The predicted molar refractivity (Wildman–Crippen MR) is 108 cm³/mol. The van der Waals surface area contributed by atoms with Gasteiger partial charge in [0, 0.05) is 6.42 Å². The molecule has 2 aromatic carbocycles. The molecule has 29 heavy (non-hydrogen) atoms. The topological polar surface area (TPSA) is 101 Å². The smallest absolute Gasteiger partial charge is 0.274 e.